The summed E-state index contributed by atoms with van der Waals surface area (Å²) in [6.07, 6.45) is 0. The highest BCUT2D eigenvalue weighted by Crippen LogP contribution is 2.32. The van der Waals surface area contributed by atoms with Crippen molar-refractivity contribution in [2.24, 2.45) is 0 Å². The molecule has 1 amide bonds. The highest BCUT2D eigenvalue weighted by atomic mass is 32.2. The molecule has 0 aromatic heterocycles. The van der Waals surface area contributed by atoms with Gasteiger partial charge in [-0.1, -0.05) is 36.4 Å². The number of carbonyl (C=O) groups excluding carboxylic acids is 1. The standard InChI is InChI=1S/C27H29N3O6S/c31-27(30-14-12-29(13-15-30)18-22-6-11-25-26(16-22)36-20-35-25)19-34-23-7-9-24(10-8-23)37(32,33)28-17-21-4-2-1-3-5-21/h1-11,16,28H,12-15,17-20H2. The molecule has 3 aromatic rings. The van der Waals surface area contributed by atoms with Crippen molar-refractivity contribution >= 4 is 15.9 Å². The van der Waals surface area contributed by atoms with Gasteiger partial charge in [-0.15, -0.1) is 0 Å². The second kappa shape index (κ2) is 11.2. The van der Waals surface area contributed by atoms with Crippen LogP contribution in [-0.2, 0) is 27.9 Å². The Hall–Kier alpha value is -3.60. The second-order valence-corrected chi connectivity index (χ2v) is 10.7. The number of sulfonamides is 1. The Morgan fingerprint density at radius 1 is 0.865 bits per heavy atom. The maximum Gasteiger partial charge on any atom is 0.260 e. The first-order valence-electron chi connectivity index (χ1n) is 12.1. The van der Waals surface area contributed by atoms with Crippen LogP contribution in [-0.4, -0.2) is 63.7 Å². The van der Waals surface area contributed by atoms with E-state index in [4.69, 9.17) is 14.2 Å². The largest absolute Gasteiger partial charge is 0.484 e. The van der Waals surface area contributed by atoms with Crippen LogP contribution in [0.15, 0.2) is 77.7 Å². The minimum absolute atomic E-state index is 0.0936. The molecule has 5 rings (SSSR count). The lowest BCUT2D eigenvalue weighted by atomic mass is 10.1. The Balaban J connectivity index is 1.06. The quantitative estimate of drug-likeness (QED) is 0.461. The summed E-state index contributed by atoms with van der Waals surface area (Å²) >= 11 is 0. The topological polar surface area (TPSA) is 97.4 Å². The van der Waals surface area contributed by atoms with Crippen LogP contribution in [0.2, 0.25) is 0 Å². The molecule has 2 aliphatic heterocycles. The molecule has 9 nitrogen and oxygen atoms in total. The number of benzene rings is 3. The number of fused-ring (bicyclic) bond motifs is 1. The molecule has 0 spiro atoms. The highest BCUT2D eigenvalue weighted by Gasteiger charge is 2.22. The van der Waals surface area contributed by atoms with E-state index in [1.807, 2.05) is 48.5 Å². The van der Waals surface area contributed by atoms with Gasteiger partial charge < -0.3 is 19.1 Å². The normalized spacial score (nSPS) is 15.5. The molecule has 0 unspecified atom stereocenters. The molecule has 0 saturated carbocycles. The highest BCUT2D eigenvalue weighted by molar-refractivity contribution is 7.89. The fourth-order valence-electron chi connectivity index (χ4n) is 4.26. The van der Waals surface area contributed by atoms with E-state index >= 15 is 0 Å². The average molecular weight is 524 g/mol. The average Bonchev–Trinajstić information content (AvgIpc) is 3.40. The third-order valence-electron chi connectivity index (χ3n) is 6.37. The van der Waals surface area contributed by atoms with Crippen LogP contribution >= 0.6 is 0 Å². The number of nitrogens with one attached hydrogen (secondary N) is 1. The summed E-state index contributed by atoms with van der Waals surface area (Å²) in [4.78, 5) is 16.9. The number of ether oxygens (including phenoxy) is 3. The molecule has 10 heteroatoms. The van der Waals surface area contributed by atoms with Crippen molar-refractivity contribution in [3.05, 3.63) is 83.9 Å². The Kier molecular flexibility index (Phi) is 7.59. The van der Waals surface area contributed by atoms with Gasteiger partial charge in [-0.2, -0.15) is 0 Å². The van der Waals surface area contributed by atoms with Gasteiger partial charge in [-0.3, -0.25) is 9.69 Å². The number of hydrogen-bond donors (Lipinski definition) is 1. The molecule has 0 aliphatic carbocycles. The Bertz CT molecular complexity index is 1320. The van der Waals surface area contributed by atoms with Gasteiger partial charge in [-0.05, 0) is 47.5 Å². The predicted molar refractivity (Wildman–Crippen MR) is 137 cm³/mol. The lowest BCUT2D eigenvalue weighted by Crippen LogP contribution is -2.49. The second-order valence-electron chi connectivity index (χ2n) is 8.91. The van der Waals surface area contributed by atoms with Crippen LogP contribution in [0.5, 0.6) is 17.2 Å². The van der Waals surface area contributed by atoms with Crippen molar-refractivity contribution in [1.29, 1.82) is 0 Å². The smallest absolute Gasteiger partial charge is 0.260 e. The number of carbonyl (C=O) groups is 1. The van der Waals surface area contributed by atoms with Crippen LogP contribution in [0, 0.1) is 0 Å². The van der Waals surface area contributed by atoms with E-state index in [9.17, 15) is 13.2 Å². The van der Waals surface area contributed by atoms with Crippen LogP contribution in [0.4, 0.5) is 0 Å². The van der Waals surface area contributed by atoms with Crippen molar-refractivity contribution < 1.29 is 27.4 Å². The van der Waals surface area contributed by atoms with E-state index < -0.39 is 10.0 Å². The summed E-state index contributed by atoms with van der Waals surface area (Å²) in [5.74, 6) is 1.90. The molecule has 0 bridgehead atoms. The Morgan fingerprint density at radius 2 is 1.59 bits per heavy atom. The molecule has 0 radical (unpaired) electrons. The van der Waals surface area contributed by atoms with Crippen LogP contribution in [0.25, 0.3) is 0 Å². The van der Waals surface area contributed by atoms with Gasteiger partial charge in [0.25, 0.3) is 5.91 Å². The first kappa shape index (κ1) is 25.1. The minimum Gasteiger partial charge on any atom is -0.484 e. The van der Waals surface area contributed by atoms with Gasteiger partial charge in [0.1, 0.15) is 5.75 Å². The van der Waals surface area contributed by atoms with Gasteiger partial charge >= 0.3 is 0 Å². The van der Waals surface area contributed by atoms with Crippen LogP contribution < -0.4 is 18.9 Å². The lowest BCUT2D eigenvalue weighted by molar-refractivity contribution is -0.135. The van der Waals surface area contributed by atoms with Crippen molar-refractivity contribution in [3.8, 4) is 17.2 Å². The molecular weight excluding hydrogens is 494 g/mol. The molecule has 1 fully saturated rings. The van der Waals surface area contributed by atoms with Gasteiger partial charge in [0, 0.05) is 39.3 Å². The summed E-state index contributed by atoms with van der Waals surface area (Å²) in [5, 5.41) is 0. The van der Waals surface area contributed by atoms with Crippen molar-refractivity contribution in [3.63, 3.8) is 0 Å². The minimum atomic E-state index is -3.65. The molecule has 194 valence electrons. The van der Waals surface area contributed by atoms with Gasteiger partial charge in [0.05, 0.1) is 4.90 Å². The molecule has 37 heavy (non-hydrogen) atoms. The molecule has 1 N–H and O–H groups in total. The van der Waals surface area contributed by atoms with E-state index in [1.165, 1.54) is 12.1 Å². The molecule has 1 saturated heterocycles. The first-order valence-corrected chi connectivity index (χ1v) is 13.6. The van der Waals surface area contributed by atoms with Gasteiger partial charge in [-0.25, -0.2) is 13.1 Å². The molecule has 2 heterocycles. The van der Waals surface area contributed by atoms with E-state index in [0.29, 0.717) is 18.8 Å². The fraction of sp³-hybridized carbons (Fsp3) is 0.296. The number of rotatable bonds is 9. The molecule has 3 aromatic carbocycles. The maximum atomic E-state index is 12.7. The van der Waals surface area contributed by atoms with Gasteiger partial charge in [0.2, 0.25) is 16.8 Å². The maximum absolute atomic E-state index is 12.7. The zero-order valence-corrected chi connectivity index (χ0v) is 21.2. The van der Waals surface area contributed by atoms with Crippen molar-refractivity contribution in [1.82, 2.24) is 14.5 Å². The molecular formula is C27H29N3O6S. The predicted octanol–water partition coefficient (Wildman–Crippen LogP) is 2.62. The zero-order chi connectivity index (χ0) is 25.7. The zero-order valence-electron chi connectivity index (χ0n) is 20.3. The SMILES string of the molecule is O=C(COc1ccc(S(=O)(=O)NCc2ccccc2)cc1)N1CCN(Cc2ccc3c(c2)OCO3)CC1. The summed E-state index contributed by atoms with van der Waals surface area (Å²) in [5.41, 5.74) is 2.02. The van der Waals surface area contributed by atoms with Crippen LogP contribution in [0.3, 0.4) is 0 Å². The summed E-state index contributed by atoms with van der Waals surface area (Å²) in [7, 11) is -3.65. The van der Waals surface area contributed by atoms with Gasteiger partial charge in [0.15, 0.2) is 18.1 Å². The monoisotopic (exact) mass is 523 g/mol. The third kappa shape index (κ3) is 6.40. The van der Waals surface area contributed by atoms with Crippen molar-refractivity contribution in [2.75, 3.05) is 39.6 Å². The third-order valence-corrected chi connectivity index (χ3v) is 7.79. The summed E-state index contributed by atoms with van der Waals surface area (Å²) in [6.45, 7) is 3.93. The number of hydrogen-bond acceptors (Lipinski definition) is 7. The van der Waals surface area contributed by atoms with Crippen molar-refractivity contribution in [2.45, 2.75) is 18.0 Å². The van der Waals surface area contributed by atoms with E-state index in [2.05, 4.69) is 9.62 Å². The van der Waals surface area contributed by atoms with E-state index in [0.717, 1.165) is 42.3 Å². The molecule has 2 aliphatic rings. The lowest BCUT2D eigenvalue weighted by Gasteiger charge is -2.34. The Labute approximate surface area is 216 Å². The fourth-order valence-corrected chi connectivity index (χ4v) is 5.28. The molecule has 0 atom stereocenters. The van der Waals surface area contributed by atoms with Crippen LogP contribution in [0.1, 0.15) is 11.1 Å². The first-order chi connectivity index (χ1) is 18.0. The summed E-state index contributed by atoms with van der Waals surface area (Å²) in [6, 6.07) is 21.4. The number of piperazine rings is 1. The Morgan fingerprint density at radius 3 is 2.35 bits per heavy atom. The number of amides is 1. The van der Waals surface area contributed by atoms with E-state index in [1.54, 1.807) is 17.0 Å². The number of nitrogens with zero attached hydrogens (tertiary/aromatic N) is 2. The summed E-state index contributed by atoms with van der Waals surface area (Å²) < 4.78 is 44.1. The van der Waals surface area contributed by atoms with E-state index in [-0.39, 0.29) is 30.7 Å².